The maximum Gasteiger partial charge on any atom is 0.150 e. The molecule has 96 valence electrons. The number of aromatic nitrogens is 3. The minimum Gasteiger partial charge on any atom is -0.368 e. The lowest BCUT2D eigenvalue weighted by Gasteiger charge is -2.07. The molecule has 2 rings (SSSR count). The molecular formula is C11H11Cl3N4. The molecule has 0 saturated carbocycles. The van der Waals surface area contributed by atoms with Crippen molar-refractivity contribution < 1.29 is 0 Å². The summed E-state index contributed by atoms with van der Waals surface area (Å²) in [6, 6.07) is 1.57. The van der Waals surface area contributed by atoms with Gasteiger partial charge in [0.1, 0.15) is 11.0 Å². The molecule has 0 aliphatic carbocycles. The summed E-state index contributed by atoms with van der Waals surface area (Å²) < 4.78 is 1.76. The van der Waals surface area contributed by atoms with Crippen LogP contribution in [0.2, 0.25) is 15.2 Å². The first-order valence-corrected chi connectivity index (χ1v) is 6.42. The van der Waals surface area contributed by atoms with E-state index in [9.17, 15) is 0 Å². The van der Waals surface area contributed by atoms with Crippen molar-refractivity contribution in [3.05, 3.63) is 39.2 Å². The second-order valence-electron chi connectivity index (χ2n) is 3.79. The van der Waals surface area contributed by atoms with E-state index in [1.165, 1.54) is 0 Å². The summed E-state index contributed by atoms with van der Waals surface area (Å²) in [5.41, 5.74) is 1.14. The minimum absolute atomic E-state index is 0.241. The van der Waals surface area contributed by atoms with Crippen molar-refractivity contribution in [1.82, 2.24) is 14.8 Å². The number of nitrogens with zero attached hydrogens (tertiary/aromatic N) is 3. The van der Waals surface area contributed by atoms with Gasteiger partial charge in [0.25, 0.3) is 0 Å². The molecule has 0 unspecified atom stereocenters. The topological polar surface area (TPSA) is 42.7 Å². The van der Waals surface area contributed by atoms with E-state index in [0.717, 1.165) is 12.0 Å². The van der Waals surface area contributed by atoms with Gasteiger partial charge in [0.15, 0.2) is 0 Å². The minimum atomic E-state index is 0.241. The maximum absolute atomic E-state index is 6.00. The Morgan fingerprint density at radius 3 is 2.72 bits per heavy atom. The highest BCUT2D eigenvalue weighted by Gasteiger charge is 2.07. The maximum atomic E-state index is 6.00. The molecule has 0 aromatic carbocycles. The molecule has 1 N–H and O–H groups in total. The van der Waals surface area contributed by atoms with Crippen molar-refractivity contribution in [2.75, 3.05) is 11.9 Å². The molecule has 0 atom stereocenters. The Balaban J connectivity index is 1.96. The van der Waals surface area contributed by atoms with Gasteiger partial charge >= 0.3 is 0 Å². The number of hydrogen-bond acceptors (Lipinski definition) is 3. The van der Waals surface area contributed by atoms with Gasteiger partial charge in [-0.25, -0.2) is 4.98 Å². The van der Waals surface area contributed by atoms with Gasteiger partial charge in [0.2, 0.25) is 0 Å². The van der Waals surface area contributed by atoms with Crippen LogP contribution in [-0.4, -0.2) is 21.3 Å². The van der Waals surface area contributed by atoms with E-state index >= 15 is 0 Å². The molecule has 0 saturated heterocycles. The van der Waals surface area contributed by atoms with Crippen LogP contribution < -0.4 is 5.32 Å². The zero-order valence-electron chi connectivity index (χ0n) is 9.62. The number of halogens is 3. The fraction of sp³-hybridized carbons (Fsp3) is 0.273. The van der Waals surface area contributed by atoms with Crippen molar-refractivity contribution in [1.29, 1.82) is 0 Å². The van der Waals surface area contributed by atoms with Gasteiger partial charge in [-0.2, -0.15) is 5.10 Å². The Labute approximate surface area is 120 Å². The first-order valence-electron chi connectivity index (χ1n) is 5.29. The summed E-state index contributed by atoms with van der Waals surface area (Å²) in [5, 5.41) is 8.25. The number of aryl methyl sites for hydroxylation is 1. The summed E-state index contributed by atoms with van der Waals surface area (Å²) in [6.07, 6.45) is 4.61. The van der Waals surface area contributed by atoms with Crippen LogP contribution in [0, 0.1) is 0 Å². The monoisotopic (exact) mass is 304 g/mol. The molecule has 0 amide bonds. The van der Waals surface area contributed by atoms with E-state index in [-0.39, 0.29) is 5.15 Å². The quantitative estimate of drug-likeness (QED) is 0.880. The Kier molecular flexibility index (Phi) is 4.32. The zero-order chi connectivity index (χ0) is 13.1. The Morgan fingerprint density at radius 1 is 1.28 bits per heavy atom. The molecular weight excluding hydrogens is 295 g/mol. The molecule has 7 heteroatoms. The number of anilines is 1. The van der Waals surface area contributed by atoms with E-state index in [4.69, 9.17) is 34.8 Å². The lowest BCUT2D eigenvalue weighted by Crippen LogP contribution is -2.06. The molecule has 4 nitrogen and oxygen atoms in total. The first kappa shape index (κ1) is 13.5. The molecule has 0 fully saturated rings. The SMILES string of the molecule is Cn1cc(CCNc2nc(Cl)c(Cl)cc2Cl)cn1. The fourth-order valence-electron chi connectivity index (χ4n) is 1.49. The summed E-state index contributed by atoms with van der Waals surface area (Å²) in [7, 11) is 1.88. The third-order valence-electron chi connectivity index (χ3n) is 2.35. The van der Waals surface area contributed by atoms with Crippen molar-refractivity contribution >= 4 is 40.6 Å². The molecule has 0 bridgehead atoms. The van der Waals surface area contributed by atoms with Gasteiger partial charge in [-0.15, -0.1) is 0 Å². The Hall–Kier alpha value is -0.970. The smallest absolute Gasteiger partial charge is 0.150 e. The third-order valence-corrected chi connectivity index (χ3v) is 3.31. The lowest BCUT2D eigenvalue weighted by atomic mass is 10.2. The van der Waals surface area contributed by atoms with E-state index in [1.54, 1.807) is 10.7 Å². The average molecular weight is 306 g/mol. The van der Waals surface area contributed by atoms with Gasteiger partial charge in [0, 0.05) is 19.8 Å². The number of nitrogens with one attached hydrogen (secondary N) is 1. The highest BCUT2D eigenvalue weighted by Crippen LogP contribution is 2.28. The van der Waals surface area contributed by atoms with Gasteiger partial charge in [-0.1, -0.05) is 34.8 Å². The van der Waals surface area contributed by atoms with Gasteiger partial charge in [-0.3, -0.25) is 4.68 Å². The van der Waals surface area contributed by atoms with Crippen molar-refractivity contribution in [3.8, 4) is 0 Å². The predicted octanol–water partition coefficient (Wildman–Crippen LogP) is 3.43. The fourth-order valence-corrected chi connectivity index (χ4v) is 2.06. The highest BCUT2D eigenvalue weighted by molar-refractivity contribution is 6.42. The van der Waals surface area contributed by atoms with Crippen LogP contribution >= 0.6 is 34.8 Å². The lowest BCUT2D eigenvalue weighted by molar-refractivity contribution is 0.767. The summed E-state index contributed by atoms with van der Waals surface area (Å²) >= 11 is 17.6. The van der Waals surface area contributed by atoms with Crippen LogP contribution in [0.3, 0.4) is 0 Å². The second kappa shape index (κ2) is 5.78. The van der Waals surface area contributed by atoms with Crippen molar-refractivity contribution in [3.63, 3.8) is 0 Å². The van der Waals surface area contributed by atoms with Crippen LogP contribution in [0.1, 0.15) is 5.56 Å². The third kappa shape index (κ3) is 3.28. The molecule has 0 aliphatic heterocycles. The molecule has 0 spiro atoms. The molecule has 18 heavy (non-hydrogen) atoms. The number of pyridine rings is 1. The summed E-state index contributed by atoms with van der Waals surface area (Å²) in [6.45, 7) is 0.691. The number of rotatable bonds is 4. The normalized spacial score (nSPS) is 10.7. The van der Waals surface area contributed by atoms with Crippen LogP contribution in [0.4, 0.5) is 5.82 Å². The van der Waals surface area contributed by atoms with Gasteiger partial charge in [0.05, 0.1) is 16.2 Å². The van der Waals surface area contributed by atoms with Gasteiger partial charge < -0.3 is 5.32 Å². The molecule has 0 aliphatic rings. The highest BCUT2D eigenvalue weighted by atomic mass is 35.5. The standard InChI is InChI=1S/C11H11Cl3N4/c1-18-6-7(5-16-18)2-3-15-11-9(13)4-8(12)10(14)17-11/h4-6H,2-3H2,1H3,(H,15,17). The van der Waals surface area contributed by atoms with E-state index in [2.05, 4.69) is 15.4 Å². The van der Waals surface area contributed by atoms with Crippen LogP contribution in [-0.2, 0) is 13.5 Å². The summed E-state index contributed by atoms with van der Waals surface area (Å²) in [4.78, 5) is 4.08. The predicted molar refractivity (Wildman–Crippen MR) is 74.7 cm³/mol. The van der Waals surface area contributed by atoms with E-state index < -0.39 is 0 Å². The van der Waals surface area contributed by atoms with Crippen molar-refractivity contribution in [2.24, 2.45) is 7.05 Å². The van der Waals surface area contributed by atoms with E-state index in [1.807, 2.05) is 19.4 Å². The van der Waals surface area contributed by atoms with Crippen molar-refractivity contribution in [2.45, 2.75) is 6.42 Å². The van der Waals surface area contributed by atoms with Crippen LogP contribution in [0.5, 0.6) is 0 Å². The van der Waals surface area contributed by atoms with Crippen LogP contribution in [0.25, 0.3) is 0 Å². The number of hydrogen-bond donors (Lipinski definition) is 1. The molecule has 2 aromatic rings. The Morgan fingerprint density at radius 2 is 2.06 bits per heavy atom. The second-order valence-corrected chi connectivity index (χ2v) is 4.96. The molecule has 0 radical (unpaired) electrons. The Bertz CT molecular complexity index is 553. The largest absolute Gasteiger partial charge is 0.368 e. The zero-order valence-corrected chi connectivity index (χ0v) is 11.9. The molecule has 2 aromatic heterocycles. The summed E-state index contributed by atoms with van der Waals surface area (Å²) in [5.74, 6) is 0.537. The first-order chi connectivity index (χ1) is 8.56. The van der Waals surface area contributed by atoms with E-state index in [0.29, 0.717) is 22.4 Å². The van der Waals surface area contributed by atoms with Crippen LogP contribution in [0.15, 0.2) is 18.5 Å². The molecule has 2 heterocycles. The average Bonchev–Trinajstić information content (AvgIpc) is 2.71. The van der Waals surface area contributed by atoms with Gasteiger partial charge in [-0.05, 0) is 18.1 Å².